The highest BCUT2D eigenvalue weighted by Gasteiger charge is 2.20. The first-order valence-corrected chi connectivity index (χ1v) is 9.69. The number of aliphatic hydroxyl groups is 1. The highest BCUT2D eigenvalue weighted by molar-refractivity contribution is 6.09. The van der Waals surface area contributed by atoms with Crippen LogP contribution in [0.1, 0.15) is 19.3 Å². The highest BCUT2D eigenvalue weighted by atomic mass is 16.6. The number of hydrogen-bond acceptors (Lipinski definition) is 6. The van der Waals surface area contributed by atoms with Gasteiger partial charge in [-0.25, -0.2) is 0 Å². The molecule has 1 unspecified atom stereocenters. The van der Waals surface area contributed by atoms with Gasteiger partial charge in [0.25, 0.3) is 11.4 Å². The number of aromatic nitrogens is 1. The van der Waals surface area contributed by atoms with Gasteiger partial charge in [-0.3, -0.25) is 20.2 Å². The summed E-state index contributed by atoms with van der Waals surface area (Å²) in [7, 11) is 0. The van der Waals surface area contributed by atoms with Crippen molar-refractivity contribution >= 4 is 33.2 Å². The molecule has 0 aliphatic carbocycles. The SMILES string of the molecule is O=[N+]([O-])c1ccc2c(c1)c1cc([N+](=O)[O-])ccc1n2CC(O)CN1CCCCC1. The maximum absolute atomic E-state index is 11.2. The molecule has 2 aromatic carbocycles. The third-order valence-electron chi connectivity index (χ3n) is 5.56. The van der Waals surface area contributed by atoms with E-state index >= 15 is 0 Å². The van der Waals surface area contributed by atoms with E-state index in [1.807, 2.05) is 4.57 Å². The predicted octanol–water partition coefficient (Wildman–Crippen LogP) is 3.46. The van der Waals surface area contributed by atoms with E-state index in [0.29, 0.717) is 34.9 Å². The summed E-state index contributed by atoms with van der Waals surface area (Å²) in [5, 5.41) is 34.3. The average Bonchev–Trinajstić information content (AvgIpc) is 3.01. The molecule has 2 heterocycles. The van der Waals surface area contributed by atoms with Crippen LogP contribution in [0.4, 0.5) is 11.4 Å². The molecule has 1 fully saturated rings. The van der Waals surface area contributed by atoms with Gasteiger partial charge < -0.3 is 14.6 Å². The smallest absolute Gasteiger partial charge is 0.270 e. The minimum Gasteiger partial charge on any atom is -0.390 e. The number of hydrogen-bond donors (Lipinski definition) is 1. The number of benzene rings is 2. The molecular formula is C20H22N4O5. The van der Waals surface area contributed by atoms with E-state index in [-0.39, 0.29) is 11.4 Å². The Labute approximate surface area is 166 Å². The molecule has 29 heavy (non-hydrogen) atoms. The van der Waals surface area contributed by atoms with E-state index in [9.17, 15) is 25.3 Å². The zero-order valence-electron chi connectivity index (χ0n) is 15.9. The van der Waals surface area contributed by atoms with E-state index in [2.05, 4.69) is 4.90 Å². The fraction of sp³-hybridized carbons (Fsp3) is 0.400. The Morgan fingerprint density at radius 2 is 1.38 bits per heavy atom. The molecule has 0 spiro atoms. The van der Waals surface area contributed by atoms with Crippen molar-refractivity contribution in [3.8, 4) is 0 Å². The third kappa shape index (κ3) is 3.79. The molecule has 1 aliphatic heterocycles. The van der Waals surface area contributed by atoms with Gasteiger partial charge in [0.1, 0.15) is 0 Å². The third-order valence-corrected chi connectivity index (χ3v) is 5.56. The molecule has 1 atom stereocenters. The van der Waals surface area contributed by atoms with Gasteiger partial charge in [-0.05, 0) is 38.1 Å². The molecule has 0 bridgehead atoms. The van der Waals surface area contributed by atoms with Crippen molar-refractivity contribution in [1.82, 2.24) is 9.47 Å². The van der Waals surface area contributed by atoms with Crippen molar-refractivity contribution in [2.24, 2.45) is 0 Å². The lowest BCUT2D eigenvalue weighted by Gasteiger charge is -2.28. The number of nitro benzene ring substituents is 2. The summed E-state index contributed by atoms with van der Waals surface area (Å²) in [6, 6.07) is 9.01. The number of nitrogens with zero attached hydrogens (tertiary/aromatic N) is 4. The highest BCUT2D eigenvalue weighted by Crippen LogP contribution is 2.34. The van der Waals surface area contributed by atoms with Gasteiger partial charge in [0, 0.05) is 52.6 Å². The van der Waals surface area contributed by atoms with Gasteiger partial charge in [0.05, 0.1) is 22.5 Å². The Morgan fingerprint density at radius 3 is 1.86 bits per heavy atom. The van der Waals surface area contributed by atoms with Crippen LogP contribution in [0, 0.1) is 20.2 Å². The van der Waals surface area contributed by atoms with Crippen LogP contribution < -0.4 is 0 Å². The van der Waals surface area contributed by atoms with Crippen molar-refractivity contribution < 1.29 is 15.0 Å². The van der Waals surface area contributed by atoms with Crippen LogP contribution in [0.2, 0.25) is 0 Å². The van der Waals surface area contributed by atoms with Gasteiger partial charge in [-0.1, -0.05) is 6.42 Å². The summed E-state index contributed by atoms with van der Waals surface area (Å²) < 4.78 is 1.90. The van der Waals surface area contributed by atoms with Crippen LogP contribution >= 0.6 is 0 Å². The lowest BCUT2D eigenvalue weighted by atomic mass is 10.1. The molecule has 1 N–H and O–H groups in total. The average molecular weight is 398 g/mol. The summed E-state index contributed by atoms with van der Waals surface area (Å²) in [5.74, 6) is 0. The van der Waals surface area contributed by atoms with Crippen molar-refractivity contribution in [3.05, 3.63) is 56.6 Å². The van der Waals surface area contributed by atoms with Crippen molar-refractivity contribution in [2.45, 2.75) is 31.9 Å². The standard InChI is InChI=1S/C20H22N4O5/c25-16(12-21-8-2-1-3-9-21)13-22-19-6-4-14(23(26)27)10-17(19)18-11-15(24(28)29)5-7-20(18)22/h4-7,10-11,16,25H,1-3,8-9,12-13H2. The van der Waals surface area contributed by atoms with Crippen LogP contribution in [-0.4, -0.2) is 50.2 Å². The number of nitro groups is 2. The number of fused-ring (bicyclic) bond motifs is 3. The van der Waals surface area contributed by atoms with Crippen LogP contribution in [0.15, 0.2) is 36.4 Å². The summed E-state index contributed by atoms with van der Waals surface area (Å²) in [6.45, 7) is 2.82. The second-order valence-corrected chi connectivity index (χ2v) is 7.54. The zero-order chi connectivity index (χ0) is 20.5. The zero-order valence-corrected chi connectivity index (χ0v) is 15.9. The summed E-state index contributed by atoms with van der Waals surface area (Å²) >= 11 is 0. The molecule has 0 amide bonds. The molecule has 1 aromatic heterocycles. The molecular weight excluding hydrogens is 376 g/mol. The van der Waals surface area contributed by atoms with Crippen LogP contribution in [-0.2, 0) is 6.54 Å². The number of aliphatic hydroxyl groups excluding tert-OH is 1. The van der Waals surface area contributed by atoms with Gasteiger partial charge in [-0.2, -0.15) is 0 Å². The molecule has 4 rings (SSSR count). The van der Waals surface area contributed by atoms with Crippen LogP contribution in [0.5, 0.6) is 0 Å². The summed E-state index contributed by atoms with van der Waals surface area (Å²) in [4.78, 5) is 23.7. The molecule has 9 heteroatoms. The van der Waals surface area contributed by atoms with Crippen LogP contribution in [0.3, 0.4) is 0 Å². The molecule has 9 nitrogen and oxygen atoms in total. The Balaban J connectivity index is 1.76. The number of likely N-dealkylation sites (tertiary alicyclic amines) is 1. The Morgan fingerprint density at radius 1 is 0.862 bits per heavy atom. The first kappa shape index (κ1) is 19.3. The number of β-amino-alcohol motifs (C(OH)–C–C–N with tert-alkyl or cyclic N) is 1. The molecule has 1 saturated heterocycles. The maximum Gasteiger partial charge on any atom is 0.270 e. The molecule has 3 aromatic rings. The first-order chi connectivity index (χ1) is 13.9. The second kappa shape index (κ2) is 7.76. The molecule has 1 aliphatic rings. The Hall–Kier alpha value is -3.04. The van der Waals surface area contributed by atoms with E-state index in [0.717, 1.165) is 25.9 Å². The molecule has 0 saturated carbocycles. The van der Waals surface area contributed by atoms with Crippen LogP contribution in [0.25, 0.3) is 21.8 Å². The van der Waals surface area contributed by atoms with E-state index in [1.165, 1.54) is 30.7 Å². The fourth-order valence-electron chi connectivity index (χ4n) is 4.21. The number of rotatable bonds is 6. The second-order valence-electron chi connectivity index (χ2n) is 7.54. The van der Waals surface area contributed by atoms with Gasteiger partial charge >= 0.3 is 0 Å². The monoisotopic (exact) mass is 398 g/mol. The van der Waals surface area contributed by atoms with Crippen molar-refractivity contribution in [2.75, 3.05) is 19.6 Å². The van der Waals surface area contributed by atoms with E-state index in [4.69, 9.17) is 0 Å². The topological polar surface area (TPSA) is 115 Å². The normalized spacial score (nSPS) is 16.3. The maximum atomic E-state index is 11.2. The Kier molecular flexibility index (Phi) is 5.16. The van der Waals surface area contributed by atoms with E-state index < -0.39 is 16.0 Å². The lowest BCUT2D eigenvalue weighted by molar-refractivity contribution is -0.385. The van der Waals surface area contributed by atoms with E-state index in [1.54, 1.807) is 12.1 Å². The fourth-order valence-corrected chi connectivity index (χ4v) is 4.21. The summed E-state index contributed by atoms with van der Waals surface area (Å²) in [6.07, 6.45) is 2.87. The van der Waals surface area contributed by atoms with Gasteiger partial charge in [0.2, 0.25) is 0 Å². The van der Waals surface area contributed by atoms with Crippen molar-refractivity contribution in [3.63, 3.8) is 0 Å². The van der Waals surface area contributed by atoms with Crippen molar-refractivity contribution in [1.29, 1.82) is 0 Å². The number of non-ortho nitro benzene ring substituents is 2. The largest absolute Gasteiger partial charge is 0.390 e. The first-order valence-electron chi connectivity index (χ1n) is 9.69. The minimum absolute atomic E-state index is 0.0723. The minimum atomic E-state index is -0.614. The number of piperidine rings is 1. The van der Waals surface area contributed by atoms with Gasteiger partial charge in [-0.15, -0.1) is 0 Å². The quantitative estimate of drug-likeness (QED) is 0.502. The predicted molar refractivity (Wildman–Crippen MR) is 109 cm³/mol. The molecule has 0 radical (unpaired) electrons. The van der Waals surface area contributed by atoms with Gasteiger partial charge in [0.15, 0.2) is 0 Å². The molecule has 152 valence electrons. The lowest BCUT2D eigenvalue weighted by Crippen LogP contribution is -2.38. The Bertz CT molecular complexity index is 1020. The summed E-state index contributed by atoms with van der Waals surface area (Å²) in [5.41, 5.74) is 1.28.